The second-order valence-electron chi connectivity index (χ2n) is 5.32. The van der Waals surface area contributed by atoms with E-state index in [2.05, 4.69) is 24.2 Å². The zero-order valence-corrected chi connectivity index (χ0v) is 12.8. The number of hydrogen-bond donors (Lipinski definition) is 1. The molecule has 0 aromatic carbocycles. The highest BCUT2D eigenvalue weighted by Gasteiger charge is 2.28. The van der Waals surface area contributed by atoms with E-state index < -0.39 is 5.76 Å². The third kappa shape index (κ3) is 5.07. The molecule has 20 heavy (non-hydrogen) atoms. The molecule has 0 spiro atoms. The summed E-state index contributed by atoms with van der Waals surface area (Å²) in [5.74, 6) is -0.717. The molecule has 1 unspecified atom stereocenters. The third-order valence-electron chi connectivity index (χ3n) is 3.63. The van der Waals surface area contributed by atoms with Gasteiger partial charge in [0, 0.05) is 18.6 Å². The Labute approximate surface area is 123 Å². The lowest BCUT2D eigenvalue weighted by Crippen LogP contribution is -2.38. The third-order valence-corrected chi connectivity index (χ3v) is 4.33. The van der Waals surface area contributed by atoms with Crippen molar-refractivity contribution in [2.45, 2.75) is 49.9 Å². The summed E-state index contributed by atoms with van der Waals surface area (Å²) in [4.78, 5) is 2.40. The number of hydrogen-bond acceptors (Lipinski definition) is 4. The average Bonchev–Trinajstić information content (AvgIpc) is 3.16. The van der Waals surface area contributed by atoms with Gasteiger partial charge in [0.2, 0.25) is 0 Å². The summed E-state index contributed by atoms with van der Waals surface area (Å²) in [6.07, 6.45) is 2.62. The molecule has 6 heteroatoms. The Morgan fingerprint density at radius 1 is 1.40 bits per heavy atom. The zero-order valence-electron chi connectivity index (χ0n) is 11.9. The van der Waals surface area contributed by atoms with E-state index in [-0.39, 0.29) is 5.75 Å². The summed E-state index contributed by atoms with van der Waals surface area (Å²) in [5.41, 5.74) is 0. The van der Waals surface area contributed by atoms with E-state index in [1.807, 2.05) is 6.07 Å². The normalized spacial score (nSPS) is 17.1. The number of nitrogens with zero attached hydrogens (tertiary/aromatic N) is 1. The van der Waals surface area contributed by atoms with Crippen LogP contribution >= 0.6 is 11.8 Å². The molecule has 1 aromatic rings. The maximum absolute atomic E-state index is 12.1. The van der Waals surface area contributed by atoms with Gasteiger partial charge < -0.3 is 9.73 Å². The van der Waals surface area contributed by atoms with Crippen LogP contribution in [0.15, 0.2) is 16.5 Å². The highest BCUT2D eigenvalue weighted by atomic mass is 32.2. The smallest absolute Gasteiger partial charge is 0.284 e. The Hall–Kier alpha value is -0.590. The molecule has 0 bridgehead atoms. The van der Waals surface area contributed by atoms with Crippen LogP contribution in [0.25, 0.3) is 0 Å². The molecule has 1 atom stereocenters. The van der Waals surface area contributed by atoms with E-state index in [4.69, 9.17) is 4.42 Å². The van der Waals surface area contributed by atoms with E-state index in [1.165, 1.54) is 12.8 Å². The molecule has 0 saturated heterocycles. The minimum absolute atomic E-state index is 0.221. The van der Waals surface area contributed by atoms with Crippen LogP contribution in [-0.2, 0) is 12.3 Å². The van der Waals surface area contributed by atoms with Crippen molar-refractivity contribution in [3.05, 3.63) is 23.7 Å². The van der Waals surface area contributed by atoms with Crippen LogP contribution in [0.2, 0.25) is 0 Å². The Balaban J connectivity index is 1.66. The van der Waals surface area contributed by atoms with Crippen LogP contribution in [-0.4, -0.2) is 36.3 Å². The van der Waals surface area contributed by atoms with E-state index in [9.17, 15) is 8.78 Å². The van der Waals surface area contributed by atoms with Crippen molar-refractivity contribution < 1.29 is 13.2 Å². The molecule has 114 valence electrons. The van der Waals surface area contributed by atoms with Crippen molar-refractivity contribution >= 4 is 11.8 Å². The maximum Gasteiger partial charge on any atom is 0.284 e. The summed E-state index contributed by atoms with van der Waals surface area (Å²) in [5, 5.41) is 3.35. The van der Waals surface area contributed by atoms with Gasteiger partial charge in [-0.3, -0.25) is 4.90 Å². The van der Waals surface area contributed by atoms with Crippen molar-refractivity contribution in [1.29, 1.82) is 0 Å². The molecule has 2 rings (SSSR count). The Bertz CT molecular complexity index is 410. The van der Waals surface area contributed by atoms with E-state index in [0.29, 0.717) is 30.1 Å². The van der Waals surface area contributed by atoms with E-state index in [0.717, 1.165) is 18.3 Å². The van der Waals surface area contributed by atoms with Crippen LogP contribution in [0.3, 0.4) is 0 Å². The fourth-order valence-corrected chi connectivity index (χ4v) is 2.58. The summed E-state index contributed by atoms with van der Waals surface area (Å²) in [7, 11) is 2.16. The molecule has 1 heterocycles. The Morgan fingerprint density at radius 3 is 2.75 bits per heavy atom. The summed E-state index contributed by atoms with van der Waals surface area (Å²) in [6.45, 7) is 3.75. The van der Waals surface area contributed by atoms with Crippen molar-refractivity contribution in [3.8, 4) is 0 Å². The lowest BCUT2D eigenvalue weighted by atomic mass is 10.3. The summed E-state index contributed by atoms with van der Waals surface area (Å²) < 4.78 is 29.6. The van der Waals surface area contributed by atoms with Crippen molar-refractivity contribution in [1.82, 2.24) is 10.2 Å². The summed E-state index contributed by atoms with van der Waals surface area (Å²) >= 11 is 0.586. The van der Waals surface area contributed by atoms with Gasteiger partial charge in [-0.1, -0.05) is 11.8 Å². The zero-order chi connectivity index (χ0) is 14.5. The monoisotopic (exact) mass is 304 g/mol. The summed E-state index contributed by atoms with van der Waals surface area (Å²) in [6, 6.07) is 4.87. The van der Waals surface area contributed by atoms with E-state index in [1.54, 1.807) is 6.07 Å². The minimum atomic E-state index is -2.35. The molecule has 1 N–H and O–H groups in total. The maximum atomic E-state index is 12.1. The molecular formula is C14H22F2N2OS. The average molecular weight is 304 g/mol. The minimum Gasteiger partial charge on any atom is -0.464 e. The molecular weight excluding hydrogens is 282 g/mol. The molecule has 0 radical (unpaired) electrons. The SMILES string of the molecule is CC(CNCc1ccc(CSC(F)F)o1)N(C)C1CC1. The molecule has 0 amide bonds. The highest BCUT2D eigenvalue weighted by molar-refractivity contribution is 7.98. The number of furan rings is 1. The molecule has 1 fully saturated rings. The van der Waals surface area contributed by atoms with Gasteiger partial charge in [0.15, 0.2) is 0 Å². The highest BCUT2D eigenvalue weighted by Crippen LogP contribution is 2.26. The Kier molecular flexibility index (Phi) is 5.86. The topological polar surface area (TPSA) is 28.4 Å². The second-order valence-corrected chi connectivity index (χ2v) is 6.29. The van der Waals surface area contributed by atoms with Gasteiger partial charge in [-0.25, -0.2) is 0 Å². The van der Waals surface area contributed by atoms with Crippen LogP contribution in [0, 0.1) is 0 Å². The van der Waals surface area contributed by atoms with Crippen LogP contribution in [0.4, 0.5) is 8.78 Å². The molecule has 1 aromatic heterocycles. The fraction of sp³-hybridized carbons (Fsp3) is 0.714. The molecule has 1 aliphatic rings. The number of halogens is 2. The first-order chi connectivity index (χ1) is 9.56. The number of thioether (sulfide) groups is 1. The number of likely N-dealkylation sites (N-methyl/N-ethyl adjacent to an activating group) is 1. The first kappa shape index (κ1) is 15.8. The van der Waals surface area contributed by atoms with Gasteiger partial charge in [-0.05, 0) is 38.9 Å². The van der Waals surface area contributed by atoms with Crippen LogP contribution < -0.4 is 5.32 Å². The fourth-order valence-electron chi connectivity index (χ4n) is 2.13. The predicted molar refractivity (Wildman–Crippen MR) is 78.0 cm³/mol. The van der Waals surface area contributed by atoms with Crippen molar-refractivity contribution in [2.75, 3.05) is 13.6 Å². The largest absolute Gasteiger partial charge is 0.464 e. The van der Waals surface area contributed by atoms with Crippen molar-refractivity contribution in [3.63, 3.8) is 0 Å². The van der Waals surface area contributed by atoms with Crippen LogP contribution in [0.5, 0.6) is 0 Å². The number of rotatable bonds is 9. The number of alkyl halides is 2. The molecule has 3 nitrogen and oxygen atoms in total. The van der Waals surface area contributed by atoms with Gasteiger partial charge in [-0.2, -0.15) is 8.78 Å². The first-order valence-electron chi connectivity index (χ1n) is 6.96. The Morgan fingerprint density at radius 2 is 2.10 bits per heavy atom. The van der Waals surface area contributed by atoms with Crippen molar-refractivity contribution in [2.24, 2.45) is 0 Å². The van der Waals surface area contributed by atoms with Gasteiger partial charge in [-0.15, -0.1) is 0 Å². The van der Waals surface area contributed by atoms with Gasteiger partial charge in [0.25, 0.3) is 5.76 Å². The lowest BCUT2D eigenvalue weighted by Gasteiger charge is -2.24. The predicted octanol–water partition coefficient (Wildman–Crippen LogP) is 3.31. The second kappa shape index (κ2) is 7.43. The van der Waals surface area contributed by atoms with Gasteiger partial charge in [0.1, 0.15) is 11.5 Å². The van der Waals surface area contributed by atoms with E-state index >= 15 is 0 Å². The lowest BCUT2D eigenvalue weighted by molar-refractivity contribution is 0.239. The first-order valence-corrected chi connectivity index (χ1v) is 8.01. The molecule has 1 saturated carbocycles. The van der Waals surface area contributed by atoms with Crippen LogP contribution in [0.1, 0.15) is 31.3 Å². The van der Waals surface area contributed by atoms with Gasteiger partial charge >= 0.3 is 0 Å². The quantitative estimate of drug-likeness (QED) is 0.758. The number of nitrogens with one attached hydrogen (secondary N) is 1. The molecule has 0 aliphatic heterocycles. The van der Waals surface area contributed by atoms with Gasteiger partial charge in [0.05, 0.1) is 12.3 Å². The standard InChI is InChI=1S/C14H22F2N2OS/c1-10(18(2)11-3-4-11)7-17-8-12-5-6-13(19-12)9-20-14(15)16/h5-6,10-11,14,17H,3-4,7-9H2,1-2H3. The molecule has 1 aliphatic carbocycles.